The summed E-state index contributed by atoms with van der Waals surface area (Å²) in [5.41, 5.74) is 5.83. The average Bonchev–Trinajstić information content (AvgIpc) is 2.25. The lowest BCUT2D eigenvalue weighted by atomic mass is 9.94. The van der Waals surface area contributed by atoms with Crippen molar-refractivity contribution in [1.82, 2.24) is 10.6 Å². The summed E-state index contributed by atoms with van der Waals surface area (Å²) in [6, 6.07) is 0. The minimum absolute atomic E-state index is 0.00652. The van der Waals surface area contributed by atoms with Gasteiger partial charge >= 0.3 is 0 Å². The summed E-state index contributed by atoms with van der Waals surface area (Å²) >= 11 is 0. The van der Waals surface area contributed by atoms with Crippen LogP contribution in [0.3, 0.4) is 0 Å². The molecule has 1 atom stereocenters. The van der Waals surface area contributed by atoms with Gasteiger partial charge in [0.25, 0.3) is 0 Å². The fourth-order valence-corrected chi connectivity index (χ4v) is 1.34. The molecule has 0 aromatic rings. The first kappa shape index (κ1) is 14.4. The van der Waals surface area contributed by atoms with Gasteiger partial charge in [0.2, 0.25) is 5.91 Å². The van der Waals surface area contributed by atoms with Crippen LogP contribution in [0.25, 0.3) is 0 Å². The van der Waals surface area contributed by atoms with Gasteiger partial charge in [0, 0.05) is 24.5 Å². The third-order valence-corrected chi connectivity index (χ3v) is 2.98. The monoisotopic (exact) mass is 215 g/mol. The van der Waals surface area contributed by atoms with E-state index >= 15 is 0 Å². The molecule has 0 spiro atoms. The molecule has 0 aliphatic rings. The van der Waals surface area contributed by atoms with Crippen molar-refractivity contribution in [2.75, 3.05) is 20.1 Å². The summed E-state index contributed by atoms with van der Waals surface area (Å²) in [4.78, 5) is 11.6. The van der Waals surface area contributed by atoms with E-state index in [9.17, 15) is 4.79 Å². The zero-order valence-corrected chi connectivity index (χ0v) is 10.4. The van der Waals surface area contributed by atoms with Crippen molar-refractivity contribution < 1.29 is 4.79 Å². The minimum Gasteiger partial charge on any atom is -0.354 e. The average molecular weight is 215 g/mol. The Balaban J connectivity index is 3.98. The van der Waals surface area contributed by atoms with Crippen LogP contribution < -0.4 is 16.4 Å². The Morgan fingerprint density at radius 3 is 2.33 bits per heavy atom. The van der Waals surface area contributed by atoms with E-state index in [1.54, 1.807) is 0 Å². The quantitative estimate of drug-likeness (QED) is 0.578. The maximum Gasteiger partial charge on any atom is 0.224 e. The predicted molar refractivity (Wildman–Crippen MR) is 63.6 cm³/mol. The van der Waals surface area contributed by atoms with Crippen LogP contribution in [0.1, 0.15) is 33.6 Å². The third-order valence-electron chi connectivity index (χ3n) is 2.98. The molecule has 0 saturated carbocycles. The van der Waals surface area contributed by atoms with Crippen LogP contribution in [0.5, 0.6) is 0 Å². The minimum atomic E-state index is -0.255. The van der Waals surface area contributed by atoms with Gasteiger partial charge in [-0.05, 0) is 19.9 Å². The molecule has 0 fully saturated rings. The summed E-state index contributed by atoms with van der Waals surface area (Å²) in [7, 11) is 1.84. The van der Waals surface area contributed by atoms with Crippen LogP contribution in [0.4, 0.5) is 0 Å². The van der Waals surface area contributed by atoms with Crippen molar-refractivity contribution in [1.29, 1.82) is 0 Å². The smallest absolute Gasteiger partial charge is 0.224 e. The van der Waals surface area contributed by atoms with E-state index in [2.05, 4.69) is 10.6 Å². The maximum atomic E-state index is 11.6. The van der Waals surface area contributed by atoms with Gasteiger partial charge in [-0.15, -0.1) is 0 Å². The number of nitrogens with one attached hydrogen (secondary N) is 2. The Bertz CT molecular complexity index is 190. The summed E-state index contributed by atoms with van der Waals surface area (Å²) in [6.45, 7) is 7.26. The zero-order valence-electron chi connectivity index (χ0n) is 10.4. The van der Waals surface area contributed by atoms with Crippen LogP contribution in [-0.4, -0.2) is 31.6 Å². The fraction of sp³-hybridized carbons (Fsp3) is 0.909. The van der Waals surface area contributed by atoms with Crippen LogP contribution in [0, 0.1) is 5.92 Å². The van der Waals surface area contributed by atoms with E-state index in [1.165, 1.54) is 0 Å². The van der Waals surface area contributed by atoms with Gasteiger partial charge in [-0.25, -0.2) is 0 Å². The molecular weight excluding hydrogens is 190 g/mol. The maximum absolute atomic E-state index is 11.6. The summed E-state index contributed by atoms with van der Waals surface area (Å²) in [5.74, 6) is 0.0639. The van der Waals surface area contributed by atoms with Gasteiger partial charge in [0.15, 0.2) is 0 Å². The molecule has 0 saturated heterocycles. The standard InChI is InChI=1S/C11H25N3O/c1-5-11(12,6-2)8-14-10(15)9(3)7-13-4/h9,13H,5-8,12H2,1-4H3,(H,14,15). The second-order valence-electron chi connectivity index (χ2n) is 4.25. The van der Waals surface area contributed by atoms with Crippen LogP contribution in [0.15, 0.2) is 0 Å². The Hall–Kier alpha value is -0.610. The first-order valence-electron chi connectivity index (χ1n) is 5.70. The normalized spacial score (nSPS) is 13.7. The Morgan fingerprint density at radius 2 is 1.93 bits per heavy atom. The van der Waals surface area contributed by atoms with Gasteiger partial charge in [0.1, 0.15) is 0 Å². The fourth-order valence-electron chi connectivity index (χ4n) is 1.34. The lowest BCUT2D eigenvalue weighted by Crippen LogP contribution is -2.50. The molecule has 1 unspecified atom stereocenters. The van der Waals surface area contributed by atoms with Crippen molar-refractivity contribution in [3.63, 3.8) is 0 Å². The van der Waals surface area contributed by atoms with Crippen molar-refractivity contribution in [3.05, 3.63) is 0 Å². The highest BCUT2D eigenvalue weighted by atomic mass is 16.1. The molecule has 0 aromatic carbocycles. The number of rotatable bonds is 7. The van der Waals surface area contributed by atoms with E-state index in [-0.39, 0.29) is 17.4 Å². The molecule has 0 aliphatic carbocycles. The number of nitrogens with two attached hydrogens (primary N) is 1. The molecular formula is C11H25N3O. The van der Waals surface area contributed by atoms with E-state index in [4.69, 9.17) is 5.73 Å². The SMILES string of the molecule is CCC(N)(CC)CNC(=O)C(C)CNC. The van der Waals surface area contributed by atoms with Gasteiger partial charge in [0.05, 0.1) is 0 Å². The van der Waals surface area contributed by atoms with Crippen molar-refractivity contribution in [2.45, 2.75) is 39.2 Å². The largest absolute Gasteiger partial charge is 0.354 e. The van der Waals surface area contributed by atoms with Gasteiger partial charge in [-0.3, -0.25) is 4.79 Å². The molecule has 0 aromatic heterocycles. The van der Waals surface area contributed by atoms with E-state index < -0.39 is 0 Å². The zero-order chi connectivity index (χ0) is 11.9. The Kier molecular flexibility index (Phi) is 6.52. The second-order valence-corrected chi connectivity index (χ2v) is 4.25. The summed E-state index contributed by atoms with van der Waals surface area (Å²) < 4.78 is 0. The lowest BCUT2D eigenvalue weighted by Gasteiger charge is -2.27. The molecule has 0 heterocycles. The second kappa shape index (κ2) is 6.80. The van der Waals surface area contributed by atoms with Crippen molar-refractivity contribution >= 4 is 5.91 Å². The highest BCUT2D eigenvalue weighted by Crippen LogP contribution is 2.09. The molecule has 0 radical (unpaired) electrons. The molecule has 1 amide bonds. The third kappa shape index (κ3) is 5.14. The van der Waals surface area contributed by atoms with Crippen LogP contribution in [0.2, 0.25) is 0 Å². The summed E-state index contributed by atoms with van der Waals surface area (Å²) in [6.07, 6.45) is 1.76. The molecule has 0 rings (SSSR count). The first-order valence-corrected chi connectivity index (χ1v) is 5.70. The van der Waals surface area contributed by atoms with Crippen molar-refractivity contribution in [2.24, 2.45) is 11.7 Å². The Labute approximate surface area is 93.0 Å². The summed E-state index contributed by atoms with van der Waals surface area (Å²) in [5, 5.41) is 5.89. The topological polar surface area (TPSA) is 67.1 Å². The highest BCUT2D eigenvalue weighted by Gasteiger charge is 2.22. The number of hydrogen-bond acceptors (Lipinski definition) is 3. The predicted octanol–water partition coefficient (Wildman–Crippen LogP) is 0.476. The number of carbonyl (C=O) groups excluding carboxylic acids is 1. The van der Waals surface area contributed by atoms with Gasteiger partial charge < -0.3 is 16.4 Å². The number of hydrogen-bond donors (Lipinski definition) is 3. The number of amides is 1. The molecule has 4 N–H and O–H groups in total. The van der Waals surface area contributed by atoms with Gasteiger partial charge in [-0.1, -0.05) is 20.8 Å². The van der Waals surface area contributed by atoms with E-state index in [1.807, 2.05) is 27.8 Å². The van der Waals surface area contributed by atoms with Crippen LogP contribution in [-0.2, 0) is 4.79 Å². The molecule has 15 heavy (non-hydrogen) atoms. The van der Waals surface area contributed by atoms with Crippen LogP contribution >= 0.6 is 0 Å². The number of carbonyl (C=O) groups is 1. The molecule has 4 nitrogen and oxygen atoms in total. The van der Waals surface area contributed by atoms with E-state index in [0.29, 0.717) is 13.1 Å². The lowest BCUT2D eigenvalue weighted by molar-refractivity contribution is -0.124. The van der Waals surface area contributed by atoms with Gasteiger partial charge in [-0.2, -0.15) is 0 Å². The Morgan fingerprint density at radius 1 is 1.40 bits per heavy atom. The molecule has 0 aliphatic heterocycles. The molecule has 0 bridgehead atoms. The molecule has 90 valence electrons. The highest BCUT2D eigenvalue weighted by molar-refractivity contribution is 5.78. The van der Waals surface area contributed by atoms with E-state index in [0.717, 1.165) is 12.8 Å². The first-order chi connectivity index (χ1) is 6.99. The van der Waals surface area contributed by atoms with Crippen molar-refractivity contribution in [3.8, 4) is 0 Å². The molecule has 4 heteroatoms.